The van der Waals surface area contributed by atoms with Gasteiger partial charge in [0, 0.05) is 44.0 Å². The Balaban J connectivity index is 1.21. The second-order valence-corrected chi connectivity index (χ2v) is 10.5. The lowest BCUT2D eigenvalue weighted by Gasteiger charge is -2.35. The molecule has 1 unspecified atom stereocenters. The highest BCUT2D eigenvalue weighted by Crippen LogP contribution is 2.34. The van der Waals surface area contributed by atoms with E-state index in [1.165, 1.54) is 11.1 Å². The molecule has 39 heavy (non-hydrogen) atoms. The predicted molar refractivity (Wildman–Crippen MR) is 151 cm³/mol. The first-order chi connectivity index (χ1) is 19.0. The maximum Gasteiger partial charge on any atom is 0.227 e. The molecule has 3 aromatic rings. The van der Waals surface area contributed by atoms with Crippen LogP contribution in [-0.2, 0) is 24.1 Å². The van der Waals surface area contributed by atoms with E-state index in [4.69, 9.17) is 18.9 Å². The third kappa shape index (κ3) is 5.91. The van der Waals surface area contributed by atoms with Crippen molar-refractivity contribution in [3.8, 4) is 23.0 Å². The van der Waals surface area contributed by atoms with Crippen molar-refractivity contribution in [2.24, 2.45) is 5.92 Å². The quantitative estimate of drug-likeness (QED) is 0.409. The monoisotopic (exact) mass is 533 g/mol. The van der Waals surface area contributed by atoms with Crippen molar-refractivity contribution in [2.45, 2.75) is 32.1 Å². The number of methoxy groups -OCH3 is 4. The number of rotatable bonds is 9. The van der Waals surface area contributed by atoms with Crippen molar-refractivity contribution >= 4 is 16.7 Å². The molecule has 0 radical (unpaired) electrons. The number of piperidine rings is 1. The number of hydrogen-bond donors (Lipinski definition) is 0. The van der Waals surface area contributed by atoms with Gasteiger partial charge < -0.3 is 28.7 Å². The van der Waals surface area contributed by atoms with Crippen LogP contribution in [0.3, 0.4) is 0 Å². The number of amides is 1. The molecule has 0 N–H and O–H groups in total. The van der Waals surface area contributed by atoms with Crippen LogP contribution in [0.2, 0.25) is 0 Å². The number of ether oxygens (including phenoxy) is 4. The van der Waals surface area contributed by atoms with Gasteiger partial charge in [0.15, 0.2) is 23.0 Å². The maximum absolute atomic E-state index is 13.2. The zero-order valence-corrected chi connectivity index (χ0v) is 23.5. The number of carbonyl (C=O) groups is 1. The Labute approximate surface area is 230 Å². The van der Waals surface area contributed by atoms with Crippen LogP contribution in [0, 0.1) is 5.92 Å². The molecule has 0 spiro atoms. The van der Waals surface area contributed by atoms with Crippen LogP contribution >= 0.6 is 0 Å². The maximum atomic E-state index is 13.2. The fourth-order valence-electron chi connectivity index (χ4n) is 6.06. The fourth-order valence-corrected chi connectivity index (χ4v) is 6.06. The highest BCUT2D eigenvalue weighted by atomic mass is 16.5. The van der Waals surface area contributed by atoms with E-state index in [2.05, 4.69) is 20.9 Å². The molecule has 3 heterocycles. The Kier molecular flexibility index (Phi) is 8.41. The molecule has 5 rings (SSSR count). The summed E-state index contributed by atoms with van der Waals surface area (Å²) in [5.74, 6) is 3.52. The van der Waals surface area contributed by atoms with Gasteiger partial charge in [-0.25, -0.2) is 0 Å². The zero-order chi connectivity index (χ0) is 27.4. The van der Waals surface area contributed by atoms with Gasteiger partial charge in [0.2, 0.25) is 5.91 Å². The SMILES string of the molecule is COc1cc2c(cc1OC)CC(=O)N(CC1CCCN(CCc3cncc4cc(OC)c(OC)cc34)C1)CC2. The van der Waals surface area contributed by atoms with Crippen LogP contribution in [0.4, 0.5) is 0 Å². The highest BCUT2D eigenvalue weighted by Gasteiger charge is 2.27. The number of nitrogens with zero attached hydrogens (tertiary/aromatic N) is 3. The number of hydrogen-bond acceptors (Lipinski definition) is 7. The molecular formula is C31H39N3O5. The minimum Gasteiger partial charge on any atom is -0.493 e. The molecule has 8 nitrogen and oxygen atoms in total. The predicted octanol–water partition coefficient (Wildman–Crippen LogP) is 4.15. The van der Waals surface area contributed by atoms with E-state index in [-0.39, 0.29) is 5.91 Å². The fraction of sp³-hybridized carbons (Fsp3) is 0.484. The van der Waals surface area contributed by atoms with Crippen molar-refractivity contribution in [2.75, 3.05) is 61.2 Å². The summed E-state index contributed by atoms with van der Waals surface area (Å²) in [5.41, 5.74) is 3.43. The Morgan fingerprint density at radius 1 is 0.872 bits per heavy atom. The minimum absolute atomic E-state index is 0.198. The van der Waals surface area contributed by atoms with Crippen molar-refractivity contribution in [3.05, 3.63) is 53.3 Å². The molecule has 2 aliphatic heterocycles. The molecule has 0 saturated carbocycles. The first kappa shape index (κ1) is 27.1. The molecule has 2 aliphatic rings. The molecule has 2 aromatic carbocycles. The Morgan fingerprint density at radius 3 is 2.31 bits per heavy atom. The zero-order valence-electron chi connectivity index (χ0n) is 23.5. The number of aromatic nitrogens is 1. The largest absolute Gasteiger partial charge is 0.493 e. The summed E-state index contributed by atoms with van der Waals surface area (Å²) in [6, 6.07) is 8.04. The normalized spacial score (nSPS) is 18.0. The van der Waals surface area contributed by atoms with E-state index in [0.717, 1.165) is 86.2 Å². The molecule has 0 bridgehead atoms. The van der Waals surface area contributed by atoms with E-state index < -0.39 is 0 Å². The lowest BCUT2D eigenvalue weighted by atomic mass is 9.96. The number of benzene rings is 2. The number of likely N-dealkylation sites (tertiary alicyclic amines) is 1. The Bertz CT molecular complexity index is 1330. The average Bonchev–Trinajstić information content (AvgIpc) is 3.12. The summed E-state index contributed by atoms with van der Waals surface area (Å²) in [6.07, 6.45) is 8.30. The second kappa shape index (κ2) is 12.1. The summed E-state index contributed by atoms with van der Waals surface area (Å²) < 4.78 is 22.0. The van der Waals surface area contributed by atoms with Gasteiger partial charge in [-0.05, 0) is 84.5 Å². The van der Waals surface area contributed by atoms with E-state index in [1.807, 2.05) is 30.6 Å². The van der Waals surface area contributed by atoms with E-state index in [9.17, 15) is 4.79 Å². The van der Waals surface area contributed by atoms with Gasteiger partial charge in [0.1, 0.15) is 0 Å². The number of fused-ring (bicyclic) bond motifs is 2. The molecule has 208 valence electrons. The van der Waals surface area contributed by atoms with Crippen molar-refractivity contribution in [3.63, 3.8) is 0 Å². The Morgan fingerprint density at radius 2 is 1.56 bits per heavy atom. The van der Waals surface area contributed by atoms with E-state index in [0.29, 0.717) is 23.8 Å². The van der Waals surface area contributed by atoms with Gasteiger partial charge in [0.05, 0.1) is 34.9 Å². The third-order valence-corrected chi connectivity index (χ3v) is 8.18. The molecule has 1 amide bonds. The number of pyridine rings is 1. The van der Waals surface area contributed by atoms with Gasteiger partial charge in [-0.3, -0.25) is 9.78 Å². The van der Waals surface area contributed by atoms with E-state index >= 15 is 0 Å². The van der Waals surface area contributed by atoms with Gasteiger partial charge in [-0.2, -0.15) is 0 Å². The number of carbonyl (C=O) groups excluding carboxylic acids is 1. The van der Waals surface area contributed by atoms with Gasteiger partial charge in [0.25, 0.3) is 0 Å². The molecule has 1 aromatic heterocycles. The first-order valence-corrected chi connectivity index (χ1v) is 13.8. The minimum atomic E-state index is 0.198. The summed E-state index contributed by atoms with van der Waals surface area (Å²) in [6.45, 7) is 4.61. The molecule has 1 saturated heterocycles. The first-order valence-electron chi connectivity index (χ1n) is 13.8. The molecule has 8 heteroatoms. The summed E-state index contributed by atoms with van der Waals surface area (Å²) >= 11 is 0. The average molecular weight is 534 g/mol. The summed E-state index contributed by atoms with van der Waals surface area (Å²) in [7, 11) is 6.60. The smallest absolute Gasteiger partial charge is 0.227 e. The van der Waals surface area contributed by atoms with Gasteiger partial charge in [-0.1, -0.05) is 0 Å². The van der Waals surface area contributed by atoms with Crippen molar-refractivity contribution < 1.29 is 23.7 Å². The third-order valence-electron chi connectivity index (χ3n) is 8.18. The van der Waals surface area contributed by atoms with Gasteiger partial charge in [-0.15, -0.1) is 0 Å². The summed E-state index contributed by atoms with van der Waals surface area (Å²) in [5, 5.41) is 2.21. The van der Waals surface area contributed by atoms with Crippen LogP contribution in [0.1, 0.15) is 29.5 Å². The Hall–Kier alpha value is -3.52. The van der Waals surface area contributed by atoms with Crippen LogP contribution in [0.5, 0.6) is 23.0 Å². The van der Waals surface area contributed by atoms with Crippen molar-refractivity contribution in [1.82, 2.24) is 14.8 Å². The van der Waals surface area contributed by atoms with Gasteiger partial charge >= 0.3 is 0 Å². The topological polar surface area (TPSA) is 73.4 Å². The highest BCUT2D eigenvalue weighted by molar-refractivity contribution is 5.88. The second-order valence-electron chi connectivity index (χ2n) is 10.5. The van der Waals surface area contributed by atoms with Crippen molar-refractivity contribution in [1.29, 1.82) is 0 Å². The van der Waals surface area contributed by atoms with Crippen LogP contribution < -0.4 is 18.9 Å². The molecule has 1 fully saturated rings. The van der Waals surface area contributed by atoms with E-state index in [1.54, 1.807) is 28.4 Å². The molecular weight excluding hydrogens is 494 g/mol. The molecule has 1 atom stereocenters. The lowest BCUT2D eigenvalue weighted by Crippen LogP contribution is -2.44. The van der Waals surface area contributed by atoms with Crippen LogP contribution in [-0.4, -0.2) is 81.9 Å². The molecule has 0 aliphatic carbocycles. The lowest BCUT2D eigenvalue weighted by molar-refractivity contribution is -0.131. The van der Waals surface area contributed by atoms with Crippen LogP contribution in [0.15, 0.2) is 36.7 Å². The standard InChI is InChI=1S/C31H39N3O5/c1-36-27-12-22-8-11-34(31(35)15-24(22)13-28(27)37-2)20-21-6-5-9-33(19-21)10-7-23-17-32-18-25-14-29(38-3)30(39-4)16-26(23)25/h12-14,16-18,21H,5-11,15,19-20H2,1-4H3. The van der Waals surface area contributed by atoms with Crippen LogP contribution in [0.25, 0.3) is 10.8 Å². The summed E-state index contributed by atoms with van der Waals surface area (Å²) in [4.78, 5) is 22.3.